The van der Waals surface area contributed by atoms with Crippen molar-refractivity contribution in [2.45, 2.75) is 19.4 Å². The first kappa shape index (κ1) is 12.2. The zero-order valence-corrected chi connectivity index (χ0v) is 9.15. The first-order valence-corrected chi connectivity index (χ1v) is 5.27. The Hall–Kier alpha value is -0.900. The maximum Gasteiger partial charge on any atom is 0.0947 e. The average Bonchev–Trinajstić information content (AvgIpc) is 2.26. The van der Waals surface area contributed by atoms with Crippen LogP contribution < -0.4 is 5.73 Å². The molecule has 1 rings (SSSR count). The molecular formula is C12H19NO2. The molecule has 0 aliphatic heterocycles. The molecule has 1 unspecified atom stereocenters. The normalized spacial score (nSPS) is 12.7. The van der Waals surface area contributed by atoms with E-state index in [1.807, 2.05) is 31.2 Å². The molecule has 0 amide bonds. The van der Waals surface area contributed by atoms with Crippen molar-refractivity contribution in [2.75, 3.05) is 19.8 Å². The van der Waals surface area contributed by atoms with Gasteiger partial charge < -0.3 is 15.6 Å². The third kappa shape index (κ3) is 4.00. The molecule has 1 aromatic rings. The van der Waals surface area contributed by atoms with Crippen LogP contribution in [0.25, 0.3) is 0 Å². The fraction of sp³-hybridized carbons (Fsp3) is 0.500. The van der Waals surface area contributed by atoms with Crippen molar-refractivity contribution in [1.82, 2.24) is 0 Å². The number of hydrogen-bond acceptors (Lipinski definition) is 3. The molecule has 0 aliphatic rings. The van der Waals surface area contributed by atoms with Crippen LogP contribution in [-0.4, -0.2) is 24.9 Å². The topological polar surface area (TPSA) is 55.5 Å². The molecular weight excluding hydrogens is 190 g/mol. The van der Waals surface area contributed by atoms with Gasteiger partial charge in [-0.3, -0.25) is 0 Å². The van der Waals surface area contributed by atoms with Gasteiger partial charge in [-0.15, -0.1) is 0 Å². The monoisotopic (exact) mass is 209 g/mol. The van der Waals surface area contributed by atoms with Crippen molar-refractivity contribution in [3.8, 4) is 0 Å². The van der Waals surface area contributed by atoms with Gasteiger partial charge in [0.05, 0.1) is 6.10 Å². The van der Waals surface area contributed by atoms with E-state index in [2.05, 4.69) is 0 Å². The van der Waals surface area contributed by atoms with Crippen molar-refractivity contribution >= 4 is 0 Å². The maximum absolute atomic E-state index is 8.65. The summed E-state index contributed by atoms with van der Waals surface area (Å²) in [5.74, 6) is 0. The van der Waals surface area contributed by atoms with E-state index < -0.39 is 0 Å². The minimum Gasteiger partial charge on any atom is -0.396 e. The molecule has 1 aromatic carbocycles. The van der Waals surface area contributed by atoms with E-state index in [0.29, 0.717) is 19.6 Å². The third-order valence-corrected chi connectivity index (χ3v) is 2.28. The minimum absolute atomic E-state index is 0.0582. The molecule has 3 nitrogen and oxygen atoms in total. The number of ether oxygens (including phenoxy) is 1. The van der Waals surface area contributed by atoms with Gasteiger partial charge in [0.15, 0.2) is 0 Å². The summed E-state index contributed by atoms with van der Waals surface area (Å²) >= 11 is 0. The molecule has 0 spiro atoms. The summed E-state index contributed by atoms with van der Waals surface area (Å²) in [6.45, 7) is 3.22. The summed E-state index contributed by atoms with van der Waals surface area (Å²) in [4.78, 5) is 0. The summed E-state index contributed by atoms with van der Waals surface area (Å²) in [6, 6.07) is 8.17. The number of aliphatic hydroxyl groups is 1. The van der Waals surface area contributed by atoms with Gasteiger partial charge in [0.2, 0.25) is 0 Å². The van der Waals surface area contributed by atoms with Crippen LogP contribution in [0.5, 0.6) is 0 Å². The molecule has 0 radical (unpaired) electrons. The Balaban J connectivity index is 2.53. The fourth-order valence-corrected chi connectivity index (χ4v) is 1.37. The van der Waals surface area contributed by atoms with E-state index in [-0.39, 0.29) is 12.7 Å². The number of rotatable bonds is 6. The van der Waals surface area contributed by atoms with Gasteiger partial charge >= 0.3 is 0 Å². The lowest BCUT2D eigenvalue weighted by Gasteiger charge is -2.16. The van der Waals surface area contributed by atoms with Crippen LogP contribution in [0, 0.1) is 6.92 Å². The molecule has 1 atom stereocenters. The van der Waals surface area contributed by atoms with Gasteiger partial charge in [0.1, 0.15) is 0 Å². The van der Waals surface area contributed by atoms with Crippen LogP contribution in [0.4, 0.5) is 0 Å². The first-order chi connectivity index (χ1) is 7.27. The van der Waals surface area contributed by atoms with Crippen molar-refractivity contribution in [1.29, 1.82) is 0 Å². The highest BCUT2D eigenvalue weighted by atomic mass is 16.5. The number of aliphatic hydroxyl groups excluding tert-OH is 1. The van der Waals surface area contributed by atoms with E-state index in [0.717, 1.165) is 5.56 Å². The molecule has 0 fully saturated rings. The molecule has 0 aliphatic carbocycles. The van der Waals surface area contributed by atoms with Crippen molar-refractivity contribution in [3.05, 3.63) is 35.4 Å². The molecule has 15 heavy (non-hydrogen) atoms. The van der Waals surface area contributed by atoms with E-state index in [1.54, 1.807) is 0 Å². The number of aryl methyl sites for hydroxylation is 1. The highest BCUT2D eigenvalue weighted by Gasteiger charge is 2.08. The lowest BCUT2D eigenvalue weighted by atomic mass is 10.1. The second-order valence-electron chi connectivity index (χ2n) is 3.58. The summed E-state index contributed by atoms with van der Waals surface area (Å²) in [6.07, 6.45) is 0.597. The van der Waals surface area contributed by atoms with Crippen molar-refractivity contribution < 1.29 is 9.84 Å². The smallest absolute Gasteiger partial charge is 0.0947 e. The summed E-state index contributed by atoms with van der Waals surface area (Å²) in [5.41, 5.74) is 7.96. The SMILES string of the molecule is Cc1ccc(C(CN)OCCCO)cc1. The van der Waals surface area contributed by atoms with E-state index in [1.165, 1.54) is 5.56 Å². The minimum atomic E-state index is -0.0582. The highest BCUT2D eigenvalue weighted by Crippen LogP contribution is 2.16. The summed E-state index contributed by atoms with van der Waals surface area (Å²) in [7, 11) is 0. The van der Waals surface area contributed by atoms with Crippen LogP contribution in [0.1, 0.15) is 23.7 Å². The molecule has 84 valence electrons. The van der Waals surface area contributed by atoms with Gasteiger partial charge in [-0.05, 0) is 18.9 Å². The van der Waals surface area contributed by atoms with Gasteiger partial charge in [0.25, 0.3) is 0 Å². The lowest BCUT2D eigenvalue weighted by molar-refractivity contribution is 0.0488. The second-order valence-corrected chi connectivity index (χ2v) is 3.58. The molecule has 0 bridgehead atoms. The van der Waals surface area contributed by atoms with Crippen molar-refractivity contribution in [3.63, 3.8) is 0 Å². The van der Waals surface area contributed by atoms with Crippen LogP contribution >= 0.6 is 0 Å². The molecule has 0 heterocycles. The number of benzene rings is 1. The number of nitrogens with two attached hydrogens (primary N) is 1. The van der Waals surface area contributed by atoms with E-state index in [9.17, 15) is 0 Å². The zero-order chi connectivity index (χ0) is 11.1. The Morgan fingerprint density at radius 1 is 1.33 bits per heavy atom. The Morgan fingerprint density at radius 2 is 2.00 bits per heavy atom. The Bertz CT molecular complexity index is 271. The zero-order valence-electron chi connectivity index (χ0n) is 9.15. The summed E-state index contributed by atoms with van der Waals surface area (Å²) in [5, 5.41) is 8.65. The number of hydrogen-bond donors (Lipinski definition) is 2. The Morgan fingerprint density at radius 3 is 2.53 bits per heavy atom. The summed E-state index contributed by atoms with van der Waals surface area (Å²) < 4.78 is 5.57. The predicted octanol–water partition coefficient (Wildman–Crippen LogP) is 1.39. The molecule has 3 heteroatoms. The molecule has 0 saturated carbocycles. The Kier molecular flexibility index (Phi) is 5.32. The van der Waals surface area contributed by atoms with Crippen molar-refractivity contribution in [2.24, 2.45) is 5.73 Å². The molecule has 0 aromatic heterocycles. The highest BCUT2D eigenvalue weighted by molar-refractivity contribution is 5.23. The van der Waals surface area contributed by atoms with Crippen LogP contribution in [0.2, 0.25) is 0 Å². The van der Waals surface area contributed by atoms with Gasteiger partial charge in [-0.1, -0.05) is 29.8 Å². The third-order valence-electron chi connectivity index (χ3n) is 2.28. The largest absolute Gasteiger partial charge is 0.396 e. The maximum atomic E-state index is 8.65. The van der Waals surface area contributed by atoms with Gasteiger partial charge in [-0.25, -0.2) is 0 Å². The van der Waals surface area contributed by atoms with Gasteiger partial charge in [-0.2, -0.15) is 0 Å². The average molecular weight is 209 g/mol. The second kappa shape index (κ2) is 6.56. The fourth-order valence-electron chi connectivity index (χ4n) is 1.37. The molecule has 0 saturated heterocycles. The quantitative estimate of drug-likeness (QED) is 0.696. The molecule has 3 N–H and O–H groups in total. The van der Waals surface area contributed by atoms with E-state index in [4.69, 9.17) is 15.6 Å². The Labute approximate surface area is 90.9 Å². The van der Waals surface area contributed by atoms with Crippen LogP contribution in [0.3, 0.4) is 0 Å². The standard InChI is InChI=1S/C12H19NO2/c1-10-3-5-11(6-4-10)12(9-13)15-8-2-7-14/h3-6,12,14H,2,7-9,13H2,1H3. The van der Waals surface area contributed by atoms with Gasteiger partial charge in [0, 0.05) is 19.8 Å². The van der Waals surface area contributed by atoms with Crippen LogP contribution in [0.15, 0.2) is 24.3 Å². The van der Waals surface area contributed by atoms with Crippen LogP contribution in [-0.2, 0) is 4.74 Å². The predicted molar refractivity (Wildman–Crippen MR) is 60.6 cm³/mol. The lowest BCUT2D eigenvalue weighted by Crippen LogP contribution is -2.16. The first-order valence-electron chi connectivity index (χ1n) is 5.27. The van der Waals surface area contributed by atoms with E-state index >= 15 is 0 Å².